The maximum Gasteiger partial charge on any atom is 0.185 e. The second-order valence-electron chi connectivity index (χ2n) is 3.69. The van der Waals surface area contributed by atoms with Gasteiger partial charge in [0.1, 0.15) is 10.9 Å². The van der Waals surface area contributed by atoms with Crippen LogP contribution in [0.25, 0.3) is 17.0 Å². The van der Waals surface area contributed by atoms with E-state index in [2.05, 4.69) is 36.0 Å². The van der Waals surface area contributed by atoms with Crippen molar-refractivity contribution in [3.05, 3.63) is 41.0 Å². The van der Waals surface area contributed by atoms with Gasteiger partial charge in [-0.15, -0.1) is 5.10 Å². The number of aromatic nitrogens is 5. The molecule has 0 spiro atoms. The summed E-state index contributed by atoms with van der Waals surface area (Å²) in [6.07, 6.45) is 4.88. The first-order chi connectivity index (χ1) is 8.24. The number of halogens is 1. The van der Waals surface area contributed by atoms with Gasteiger partial charge < -0.3 is 0 Å². The Hall–Kier alpha value is -1.82. The van der Waals surface area contributed by atoms with Gasteiger partial charge in [0.15, 0.2) is 11.5 Å². The molecule has 0 N–H and O–H groups in total. The Morgan fingerprint density at radius 2 is 1.94 bits per heavy atom. The molecule has 5 nitrogen and oxygen atoms in total. The van der Waals surface area contributed by atoms with Crippen LogP contribution in [0.1, 0.15) is 5.56 Å². The molecule has 84 valence electrons. The van der Waals surface area contributed by atoms with E-state index in [0.717, 1.165) is 21.4 Å². The lowest BCUT2D eigenvalue weighted by atomic mass is 10.3. The normalized spacial score (nSPS) is 10.9. The van der Waals surface area contributed by atoms with E-state index in [-0.39, 0.29) is 0 Å². The zero-order chi connectivity index (χ0) is 11.8. The number of fused-ring (bicyclic) bond motifs is 1. The average Bonchev–Trinajstić information content (AvgIpc) is 2.74. The average molecular weight is 290 g/mol. The molecule has 6 heteroatoms. The van der Waals surface area contributed by atoms with Crippen molar-refractivity contribution in [1.29, 1.82) is 0 Å². The van der Waals surface area contributed by atoms with E-state index in [9.17, 15) is 0 Å². The third-order valence-electron chi connectivity index (χ3n) is 2.36. The summed E-state index contributed by atoms with van der Waals surface area (Å²) in [7, 11) is 0. The van der Waals surface area contributed by atoms with Gasteiger partial charge in [-0.1, -0.05) is 0 Å². The SMILES string of the molecule is Cc1cc(Br)n2nc(-c3cncnc3)nc2c1. The van der Waals surface area contributed by atoms with Crippen molar-refractivity contribution in [2.45, 2.75) is 6.92 Å². The molecule has 0 saturated heterocycles. The van der Waals surface area contributed by atoms with Gasteiger partial charge in [-0.3, -0.25) is 0 Å². The topological polar surface area (TPSA) is 56.0 Å². The Balaban J connectivity index is 2.24. The Morgan fingerprint density at radius 3 is 2.71 bits per heavy atom. The molecule has 0 saturated carbocycles. The summed E-state index contributed by atoms with van der Waals surface area (Å²) in [5.41, 5.74) is 2.74. The second-order valence-corrected chi connectivity index (χ2v) is 4.50. The zero-order valence-corrected chi connectivity index (χ0v) is 10.6. The molecule has 0 unspecified atom stereocenters. The maximum absolute atomic E-state index is 4.45. The van der Waals surface area contributed by atoms with E-state index in [0.29, 0.717) is 5.82 Å². The summed E-state index contributed by atoms with van der Waals surface area (Å²) in [4.78, 5) is 12.4. The Labute approximate surface area is 106 Å². The van der Waals surface area contributed by atoms with Crippen molar-refractivity contribution >= 4 is 21.6 Å². The fourth-order valence-corrected chi connectivity index (χ4v) is 2.23. The quantitative estimate of drug-likeness (QED) is 0.645. The molecular weight excluding hydrogens is 282 g/mol. The summed E-state index contributed by atoms with van der Waals surface area (Å²) >= 11 is 3.46. The maximum atomic E-state index is 4.45. The van der Waals surface area contributed by atoms with Gasteiger partial charge in [0.05, 0.1) is 5.56 Å². The smallest absolute Gasteiger partial charge is 0.185 e. The first-order valence-corrected chi connectivity index (χ1v) is 5.81. The molecule has 0 aliphatic heterocycles. The van der Waals surface area contributed by atoms with Gasteiger partial charge in [0, 0.05) is 12.4 Å². The fraction of sp³-hybridized carbons (Fsp3) is 0.0909. The van der Waals surface area contributed by atoms with Crippen LogP contribution in [-0.2, 0) is 0 Å². The van der Waals surface area contributed by atoms with E-state index < -0.39 is 0 Å². The van der Waals surface area contributed by atoms with Crippen LogP contribution in [-0.4, -0.2) is 24.6 Å². The zero-order valence-electron chi connectivity index (χ0n) is 9.00. The Morgan fingerprint density at radius 1 is 1.18 bits per heavy atom. The van der Waals surface area contributed by atoms with E-state index in [1.54, 1.807) is 16.9 Å². The number of hydrogen-bond acceptors (Lipinski definition) is 4. The van der Waals surface area contributed by atoms with Crippen LogP contribution in [0.15, 0.2) is 35.5 Å². The van der Waals surface area contributed by atoms with Crippen LogP contribution in [0.4, 0.5) is 0 Å². The molecule has 0 radical (unpaired) electrons. The predicted octanol–water partition coefficient (Wildman–Crippen LogP) is 2.26. The molecule has 3 aromatic rings. The minimum absolute atomic E-state index is 0.622. The van der Waals surface area contributed by atoms with Gasteiger partial charge in [-0.25, -0.2) is 19.5 Å². The van der Waals surface area contributed by atoms with Crippen LogP contribution in [0.5, 0.6) is 0 Å². The van der Waals surface area contributed by atoms with Crippen LogP contribution < -0.4 is 0 Å². The molecule has 17 heavy (non-hydrogen) atoms. The minimum Gasteiger partial charge on any atom is -0.244 e. The Kier molecular flexibility index (Phi) is 2.36. The third-order valence-corrected chi connectivity index (χ3v) is 2.92. The molecule has 0 aliphatic carbocycles. The predicted molar refractivity (Wildman–Crippen MR) is 66.5 cm³/mol. The van der Waals surface area contributed by atoms with Crippen LogP contribution in [0, 0.1) is 6.92 Å². The largest absolute Gasteiger partial charge is 0.244 e. The standard InChI is InChI=1S/C11H8BrN5/c1-7-2-9(12)17-10(3-7)15-11(16-17)8-4-13-6-14-5-8/h2-6H,1H3. The van der Waals surface area contributed by atoms with E-state index in [1.165, 1.54) is 6.33 Å². The molecule has 0 aliphatic rings. The highest BCUT2D eigenvalue weighted by molar-refractivity contribution is 9.10. The summed E-state index contributed by atoms with van der Waals surface area (Å²) in [6.45, 7) is 2.02. The third kappa shape index (κ3) is 1.80. The number of hydrogen-bond donors (Lipinski definition) is 0. The molecule has 3 aromatic heterocycles. The van der Waals surface area contributed by atoms with Crippen molar-refractivity contribution in [1.82, 2.24) is 24.6 Å². The van der Waals surface area contributed by atoms with Gasteiger partial charge in [0.2, 0.25) is 0 Å². The highest BCUT2D eigenvalue weighted by Gasteiger charge is 2.08. The molecule has 3 rings (SSSR count). The highest BCUT2D eigenvalue weighted by atomic mass is 79.9. The van der Waals surface area contributed by atoms with Crippen LogP contribution in [0.2, 0.25) is 0 Å². The Bertz CT molecular complexity index is 677. The van der Waals surface area contributed by atoms with Crippen molar-refractivity contribution in [3.8, 4) is 11.4 Å². The molecule has 0 bridgehead atoms. The highest BCUT2D eigenvalue weighted by Crippen LogP contribution is 2.19. The summed E-state index contributed by atoms with van der Waals surface area (Å²) in [6, 6.07) is 3.97. The lowest BCUT2D eigenvalue weighted by molar-refractivity contribution is 0.934. The first kappa shape index (κ1) is 10.3. The van der Waals surface area contributed by atoms with E-state index >= 15 is 0 Å². The van der Waals surface area contributed by atoms with Gasteiger partial charge >= 0.3 is 0 Å². The van der Waals surface area contributed by atoms with Crippen LogP contribution >= 0.6 is 15.9 Å². The second kappa shape index (κ2) is 3.89. The van der Waals surface area contributed by atoms with Crippen molar-refractivity contribution in [3.63, 3.8) is 0 Å². The fourth-order valence-electron chi connectivity index (χ4n) is 1.61. The van der Waals surface area contributed by atoms with Gasteiger partial charge in [0.25, 0.3) is 0 Å². The summed E-state index contributed by atoms with van der Waals surface area (Å²) < 4.78 is 2.62. The number of pyridine rings is 1. The lowest BCUT2D eigenvalue weighted by Gasteiger charge is -1.96. The van der Waals surface area contributed by atoms with Crippen molar-refractivity contribution in [2.75, 3.05) is 0 Å². The van der Waals surface area contributed by atoms with E-state index in [4.69, 9.17) is 0 Å². The van der Waals surface area contributed by atoms with Gasteiger partial charge in [-0.05, 0) is 40.5 Å². The summed E-state index contributed by atoms with van der Waals surface area (Å²) in [5, 5.41) is 4.40. The number of rotatable bonds is 1. The van der Waals surface area contributed by atoms with Gasteiger partial charge in [-0.2, -0.15) is 0 Å². The van der Waals surface area contributed by atoms with Crippen LogP contribution in [0.3, 0.4) is 0 Å². The molecule has 3 heterocycles. The minimum atomic E-state index is 0.622. The molecule has 0 amide bonds. The molecule has 0 aromatic carbocycles. The number of aryl methyl sites for hydroxylation is 1. The first-order valence-electron chi connectivity index (χ1n) is 5.02. The lowest BCUT2D eigenvalue weighted by Crippen LogP contribution is -1.90. The molecule has 0 fully saturated rings. The summed E-state index contributed by atoms with van der Waals surface area (Å²) in [5.74, 6) is 0.622. The van der Waals surface area contributed by atoms with E-state index in [1.807, 2.05) is 19.1 Å². The van der Waals surface area contributed by atoms with Crippen molar-refractivity contribution < 1.29 is 0 Å². The molecule has 0 atom stereocenters. The number of nitrogens with zero attached hydrogens (tertiary/aromatic N) is 5. The molecular formula is C11H8BrN5. The van der Waals surface area contributed by atoms with Crippen molar-refractivity contribution in [2.24, 2.45) is 0 Å². The monoisotopic (exact) mass is 289 g/mol.